The molecule has 1 unspecified atom stereocenters. The molecule has 2 rings (SSSR count). The van der Waals surface area contributed by atoms with Crippen molar-refractivity contribution in [2.75, 3.05) is 12.4 Å². The number of phenols is 1. The maximum Gasteiger partial charge on any atom is 0.269 e. The number of methoxy groups -OCH3 is 1. The fourth-order valence-corrected chi connectivity index (χ4v) is 2.00. The first-order chi connectivity index (χ1) is 10.0. The van der Waals surface area contributed by atoms with Crippen LogP contribution in [0.4, 0.5) is 11.4 Å². The molecule has 2 aromatic carbocycles. The number of benzene rings is 2. The number of nitro groups is 1. The summed E-state index contributed by atoms with van der Waals surface area (Å²) in [4.78, 5) is 10.2. The molecule has 0 fully saturated rings. The molecule has 0 aliphatic rings. The molecule has 0 spiro atoms. The Morgan fingerprint density at radius 1 is 1.24 bits per heavy atom. The Labute approximate surface area is 122 Å². The fourth-order valence-electron chi connectivity index (χ4n) is 2.00. The van der Waals surface area contributed by atoms with Gasteiger partial charge in [0.2, 0.25) is 0 Å². The van der Waals surface area contributed by atoms with Gasteiger partial charge in [0.15, 0.2) is 11.5 Å². The molecule has 21 heavy (non-hydrogen) atoms. The predicted octanol–water partition coefficient (Wildman–Crippen LogP) is 3.48. The number of anilines is 1. The molecule has 2 N–H and O–H groups in total. The molecule has 6 heteroatoms. The third kappa shape index (κ3) is 3.42. The van der Waals surface area contributed by atoms with Gasteiger partial charge in [-0.2, -0.15) is 0 Å². The number of ether oxygens (including phenoxy) is 1. The molecule has 0 bridgehead atoms. The van der Waals surface area contributed by atoms with Crippen LogP contribution in [0.3, 0.4) is 0 Å². The zero-order chi connectivity index (χ0) is 15.4. The average molecular weight is 288 g/mol. The molecular formula is C15H16N2O4. The smallest absolute Gasteiger partial charge is 0.269 e. The van der Waals surface area contributed by atoms with Gasteiger partial charge < -0.3 is 15.2 Å². The lowest BCUT2D eigenvalue weighted by Crippen LogP contribution is -2.06. The van der Waals surface area contributed by atoms with Crippen molar-refractivity contribution in [3.63, 3.8) is 0 Å². The monoisotopic (exact) mass is 288 g/mol. The summed E-state index contributed by atoms with van der Waals surface area (Å²) in [5, 5.41) is 23.6. The van der Waals surface area contributed by atoms with Crippen LogP contribution in [0.15, 0.2) is 42.5 Å². The second-order valence-electron chi connectivity index (χ2n) is 4.60. The lowest BCUT2D eigenvalue weighted by molar-refractivity contribution is -0.384. The predicted molar refractivity (Wildman–Crippen MR) is 79.8 cm³/mol. The molecule has 0 amide bonds. The number of nitrogens with one attached hydrogen (secondary N) is 1. The van der Waals surface area contributed by atoms with Crippen molar-refractivity contribution in [1.29, 1.82) is 0 Å². The highest BCUT2D eigenvalue weighted by atomic mass is 16.6. The van der Waals surface area contributed by atoms with Crippen LogP contribution in [0.25, 0.3) is 0 Å². The number of hydrogen-bond acceptors (Lipinski definition) is 5. The summed E-state index contributed by atoms with van der Waals surface area (Å²) in [6.07, 6.45) is 0. The standard InChI is InChI=1S/C15H16N2O4/c1-10(11-3-6-13(7-4-11)17(19)20)16-12-5-8-15(21-2)14(18)9-12/h3-10,16,18H,1-2H3. The zero-order valence-corrected chi connectivity index (χ0v) is 11.7. The van der Waals surface area contributed by atoms with E-state index >= 15 is 0 Å². The minimum absolute atomic E-state index is 0.0541. The van der Waals surface area contributed by atoms with E-state index in [4.69, 9.17) is 4.74 Å². The second-order valence-corrected chi connectivity index (χ2v) is 4.60. The van der Waals surface area contributed by atoms with E-state index in [-0.39, 0.29) is 17.5 Å². The van der Waals surface area contributed by atoms with E-state index < -0.39 is 4.92 Å². The third-order valence-corrected chi connectivity index (χ3v) is 3.17. The van der Waals surface area contributed by atoms with E-state index in [9.17, 15) is 15.2 Å². The lowest BCUT2D eigenvalue weighted by Gasteiger charge is -2.16. The number of phenolic OH excluding ortho intramolecular Hbond substituents is 1. The number of non-ortho nitro benzene ring substituents is 1. The first kappa shape index (κ1) is 14.6. The zero-order valence-electron chi connectivity index (χ0n) is 11.7. The summed E-state index contributed by atoms with van der Waals surface area (Å²) in [7, 11) is 1.49. The summed E-state index contributed by atoms with van der Waals surface area (Å²) in [6, 6.07) is 11.3. The summed E-state index contributed by atoms with van der Waals surface area (Å²) < 4.78 is 4.98. The Morgan fingerprint density at radius 3 is 2.43 bits per heavy atom. The Kier molecular flexibility index (Phi) is 4.27. The molecule has 0 aliphatic heterocycles. The Bertz CT molecular complexity index is 641. The number of hydrogen-bond donors (Lipinski definition) is 2. The minimum Gasteiger partial charge on any atom is -0.504 e. The van der Waals surface area contributed by atoms with E-state index in [0.717, 1.165) is 11.3 Å². The van der Waals surface area contributed by atoms with Crippen LogP contribution >= 0.6 is 0 Å². The maximum absolute atomic E-state index is 10.6. The normalized spacial score (nSPS) is 11.7. The van der Waals surface area contributed by atoms with Crippen molar-refractivity contribution in [1.82, 2.24) is 0 Å². The van der Waals surface area contributed by atoms with Gasteiger partial charge >= 0.3 is 0 Å². The SMILES string of the molecule is COc1ccc(NC(C)c2ccc([N+](=O)[O-])cc2)cc1O. The van der Waals surface area contributed by atoms with Gasteiger partial charge in [-0.15, -0.1) is 0 Å². The minimum atomic E-state index is -0.427. The maximum atomic E-state index is 10.6. The average Bonchev–Trinajstić information content (AvgIpc) is 2.47. The quantitative estimate of drug-likeness (QED) is 0.650. The summed E-state index contributed by atoms with van der Waals surface area (Å²) in [6.45, 7) is 1.93. The van der Waals surface area contributed by atoms with Crippen LogP contribution in [-0.2, 0) is 0 Å². The molecule has 0 radical (unpaired) electrons. The molecule has 0 saturated carbocycles. The molecule has 1 atom stereocenters. The highest BCUT2D eigenvalue weighted by Gasteiger charge is 2.10. The first-order valence-electron chi connectivity index (χ1n) is 6.39. The van der Waals surface area contributed by atoms with Gasteiger partial charge in [-0.25, -0.2) is 0 Å². The number of rotatable bonds is 5. The van der Waals surface area contributed by atoms with E-state index in [1.165, 1.54) is 19.2 Å². The highest BCUT2D eigenvalue weighted by molar-refractivity contribution is 5.55. The highest BCUT2D eigenvalue weighted by Crippen LogP contribution is 2.30. The van der Waals surface area contributed by atoms with Crippen molar-refractivity contribution in [2.45, 2.75) is 13.0 Å². The molecule has 2 aromatic rings. The van der Waals surface area contributed by atoms with E-state index in [1.807, 2.05) is 6.92 Å². The molecule has 0 saturated heterocycles. The van der Waals surface area contributed by atoms with Gasteiger partial charge in [-0.1, -0.05) is 12.1 Å². The molecule has 0 aliphatic carbocycles. The first-order valence-corrected chi connectivity index (χ1v) is 6.39. The number of nitro benzene ring substituents is 1. The van der Waals surface area contributed by atoms with E-state index in [2.05, 4.69) is 5.32 Å². The summed E-state index contributed by atoms with van der Waals surface area (Å²) in [5.41, 5.74) is 1.71. The van der Waals surface area contributed by atoms with Gasteiger partial charge in [0.1, 0.15) is 0 Å². The molecular weight excluding hydrogens is 272 g/mol. The van der Waals surface area contributed by atoms with E-state index in [0.29, 0.717) is 5.75 Å². The summed E-state index contributed by atoms with van der Waals surface area (Å²) >= 11 is 0. The fraction of sp³-hybridized carbons (Fsp3) is 0.200. The Morgan fingerprint density at radius 2 is 1.90 bits per heavy atom. The van der Waals surface area contributed by atoms with Crippen molar-refractivity contribution in [3.8, 4) is 11.5 Å². The molecule has 6 nitrogen and oxygen atoms in total. The van der Waals surface area contributed by atoms with Crippen LogP contribution in [0.1, 0.15) is 18.5 Å². The van der Waals surface area contributed by atoms with Gasteiger partial charge in [0, 0.05) is 29.9 Å². The van der Waals surface area contributed by atoms with Crippen LogP contribution < -0.4 is 10.1 Å². The number of nitrogens with zero attached hydrogens (tertiary/aromatic N) is 1. The Hall–Kier alpha value is -2.76. The number of aromatic hydroxyl groups is 1. The van der Waals surface area contributed by atoms with Gasteiger partial charge in [-0.3, -0.25) is 10.1 Å². The van der Waals surface area contributed by atoms with Gasteiger partial charge in [-0.05, 0) is 24.6 Å². The van der Waals surface area contributed by atoms with Crippen molar-refractivity contribution < 1.29 is 14.8 Å². The third-order valence-electron chi connectivity index (χ3n) is 3.17. The summed E-state index contributed by atoms with van der Waals surface area (Å²) in [5.74, 6) is 0.460. The molecule has 0 heterocycles. The van der Waals surface area contributed by atoms with E-state index in [1.54, 1.807) is 30.3 Å². The van der Waals surface area contributed by atoms with Crippen LogP contribution in [0, 0.1) is 10.1 Å². The second kappa shape index (κ2) is 6.13. The van der Waals surface area contributed by atoms with Crippen molar-refractivity contribution in [3.05, 3.63) is 58.1 Å². The largest absolute Gasteiger partial charge is 0.504 e. The van der Waals surface area contributed by atoms with Crippen LogP contribution in [0.5, 0.6) is 11.5 Å². The van der Waals surface area contributed by atoms with Crippen molar-refractivity contribution >= 4 is 11.4 Å². The van der Waals surface area contributed by atoms with Gasteiger partial charge in [0.05, 0.1) is 12.0 Å². The Balaban J connectivity index is 2.12. The molecule has 0 aromatic heterocycles. The van der Waals surface area contributed by atoms with Crippen LogP contribution in [-0.4, -0.2) is 17.1 Å². The van der Waals surface area contributed by atoms with Crippen LogP contribution in [0.2, 0.25) is 0 Å². The molecule has 110 valence electrons. The lowest BCUT2D eigenvalue weighted by atomic mass is 10.1. The van der Waals surface area contributed by atoms with Crippen molar-refractivity contribution in [2.24, 2.45) is 0 Å². The van der Waals surface area contributed by atoms with Gasteiger partial charge in [0.25, 0.3) is 5.69 Å². The topological polar surface area (TPSA) is 84.6 Å².